The molecule has 0 saturated carbocycles. The molecule has 0 aliphatic carbocycles. The number of rotatable bonds is 8. The molecular weight excluding hydrogens is 504 g/mol. The Bertz CT molecular complexity index is 873. The van der Waals surface area contributed by atoms with Crippen LogP contribution in [0.4, 0.5) is 0 Å². The third-order valence-corrected chi connectivity index (χ3v) is 6.52. The molecule has 3 rings (SSSR count). The summed E-state index contributed by atoms with van der Waals surface area (Å²) in [5.41, 5.74) is 1.83. The van der Waals surface area contributed by atoms with Crippen LogP contribution in [-0.4, -0.2) is 61.6 Å². The Hall–Kier alpha value is -1.21. The van der Waals surface area contributed by atoms with Crippen LogP contribution in [0, 0.1) is 5.92 Å². The molecule has 1 saturated heterocycles. The van der Waals surface area contributed by atoms with Crippen LogP contribution in [0.15, 0.2) is 42.5 Å². The van der Waals surface area contributed by atoms with Crippen molar-refractivity contribution in [3.8, 4) is 5.75 Å². The standard InChI is InChI=1S/C24H31Cl2N3O2.2ClH/c1-17(2)23(27-24(30)19-5-7-20(31-3)8-6-19)16-29-12-10-28(11-13-29)15-18-4-9-21(25)22(26)14-18;;/h4-9,14,17,23H,10-13,15-16H2,1-3H3,(H,27,30);2*1H. The first-order valence-electron chi connectivity index (χ1n) is 10.7. The summed E-state index contributed by atoms with van der Waals surface area (Å²) in [6, 6.07) is 13.1. The van der Waals surface area contributed by atoms with E-state index in [-0.39, 0.29) is 36.8 Å². The number of methoxy groups -OCH3 is 1. The average Bonchev–Trinajstić information content (AvgIpc) is 2.77. The SMILES string of the molecule is COc1ccc(C(=O)NC(CN2CCN(Cc3ccc(Cl)c(Cl)c3)CC2)C(C)C)cc1.Cl.Cl. The van der Waals surface area contributed by atoms with Crippen LogP contribution in [0.3, 0.4) is 0 Å². The fourth-order valence-electron chi connectivity index (χ4n) is 3.72. The second kappa shape index (κ2) is 14.2. The van der Waals surface area contributed by atoms with E-state index in [1.54, 1.807) is 19.2 Å². The van der Waals surface area contributed by atoms with E-state index in [1.165, 1.54) is 5.56 Å². The van der Waals surface area contributed by atoms with Gasteiger partial charge >= 0.3 is 0 Å². The van der Waals surface area contributed by atoms with Gasteiger partial charge in [0, 0.05) is 50.9 Å². The summed E-state index contributed by atoms with van der Waals surface area (Å²) in [5, 5.41) is 4.41. The third-order valence-electron chi connectivity index (χ3n) is 5.78. The molecule has 1 amide bonds. The van der Waals surface area contributed by atoms with E-state index in [0.29, 0.717) is 21.5 Å². The third kappa shape index (κ3) is 8.82. The Morgan fingerprint density at radius 3 is 2.12 bits per heavy atom. The van der Waals surface area contributed by atoms with Gasteiger partial charge in [-0.05, 0) is 47.9 Å². The van der Waals surface area contributed by atoms with Gasteiger partial charge in [-0.1, -0.05) is 43.1 Å². The number of amides is 1. The first-order chi connectivity index (χ1) is 14.9. The van der Waals surface area contributed by atoms with E-state index in [1.807, 2.05) is 30.3 Å². The zero-order valence-electron chi connectivity index (χ0n) is 19.2. The number of halogens is 4. The summed E-state index contributed by atoms with van der Waals surface area (Å²) in [6.45, 7) is 9.94. The summed E-state index contributed by atoms with van der Waals surface area (Å²) in [7, 11) is 1.62. The maximum absolute atomic E-state index is 12.7. The molecule has 1 unspecified atom stereocenters. The van der Waals surface area contributed by atoms with E-state index in [0.717, 1.165) is 45.0 Å². The minimum absolute atomic E-state index is 0. The second-order valence-electron chi connectivity index (χ2n) is 8.38. The molecule has 0 radical (unpaired) electrons. The Kier molecular flexibility index (Phi) is 12.9. The molecule has 0 aromatic heterocycles. The lowest BCUT2D eigenvalue weighted by molar-refractivity contribution is 0.0862. The number of ether oxygens (including phenoxy) is 1. The highest BCUT2D eigenvalue weighted by Crippen LogP contribution is 2.23. The van der Waals surface area contributed by atoms with Gasteiger partial charge in [0.25, 0.3) is 5.91 Å². The molecule has 2 aromatic rings. The molecule has 5 nitrogen and oxygen atoms in total. The van der Waals surface area contributed by atoms with Crippen molar-refractivity contribution in [3.63, 3.8) is 0 Å². The van der Waals surface area contributed by atoms with Gasteiger partial charge in [0.2, 0.25) is 0 Å². The van der Waals surface area contributed by atoms with E-state index in [9.17, 15) is 4.79 Å². The van der Waals surface area contributed by atoms with Crippen molar-refractivity contribution in [3.05, 3.63) is 63.6 Å². The number of piperazine rings is 1. The predicted molar refractivity (Wildman–Crippen MR) is 142 cm³/mol. The van der Waals surface area contributed by atoms with Crippen LogP contribution in [-0.2, 0) is 6.54 Å². The van der Waals surface area contributed by atoms with Crippen molar-refractivity contribution in [2.24, 2.45) is 5.92 Å². The molecule has 1 aliphatic heterocycles. The van der Waals surface area contributed by atoms with E-state index < -0.39 is 0 Å². The summed E-state index contributed by atoms with van der Waals surface area (Å²) in [6.07, 6.45) is 0. The molecule has 1 aliphatic rings. The van der Waals surface area contributed by atoms with Crippen molar-refractivity contribution in [1.29, 1.82) is 0 Å². The lowest BCUT2D eigenvalue weighted by Crippen LogP contribution is -2.52. The van der Waals surface area contributed by atoms with Crippen LogP contribution in [0.2, 0.25) is 10.0 Å². The number of benzene rings is 2. The zero-order chi connectivity index (χ0) is 22.4. The molecule has 184 valence electrons. The van der Waals surface area contributed by atoms with Crippen molar-refractivity contribution in [2.45, 2.75) is 26.4 Å². The molecular formula is C24H33Cl4N3O2. The minimum Gasteiger partial charge on any atom is -0.497 e. The number of nitrogens with zero attached hydrogens (tertiary/aromatic N) is 2. The molecule has 1 fully saturated rings. The summed E-state index contributed by atoms with van der Waals surface area (Å²) < 4.78 is 5.17. The van der Waals surface area contributed by atoms with Gasteiger partial charge in [-0.15, -0.1) is 24.8 Å². The first kappa shape index (κ1) is 29.8. The zero-order valence-corrected chi connectivity index (χ0v) is 22.4. The summed E-state index contributed by atoms with van der Waals surface area (Å²) in [4.78, 5) is 17.6. The number of carbonyl (C=O) groups is 1. The van der Waals surface area contributed by atoms with Crippen molar-refractivity contribution in [2.75, 3.05) is 39.8 Å². The van der Waals surface area contributed by atoms with Crippen LogP contribution in [0.25, 0.3) is 0 Å². The van der Waals surface area contributed by atoms with Crippen molar-refractivity contribution >= 4 is 53.9 Å². The molecule has 2 aromatic carbocycles. The first-order valence-corrected chi connectivity index (χ1v) is 11.4. The Labute approximate surface area is 219 Å². The number of nitrogens with one attached hydrogen (secondary N) is 1. The number of hydrogen-bond acceptors (Lipinski definition) is 4. The van der Waals surface area contributed by atoms with Gasteiger partial charge in [-0.3, -0.25) is 14.6 Å². The van der Waals surface area contributed by atoms with Crippen LogP contribution < -0.4 is 10.1 Å². The van der Waals surface area contributed by atoms with Gasteiger partial charge in [-0.2, -0.15) is 0 Å². The van der Waals surface area contributed by atoms with Crippen LogP contribution in [0.1, 0.15) is 29.8 Å². The highest BCUT2D eigenvalue weighted by Gasteiger charge is 2.23. The van der Waals surface area contributed by atoms with Gasteiger partial charge in [0.05, 0.1) is 17.2 Å². The van der Waals surface area contributed by atoms with Crippen LogP contribution >= 0.6 is 48.0 Å². The highest BCUT2D eigenvalue weighted by atomic mass is 35.5. The molecule has 1 atom stereocenters. The second-order valence-corrected chi connectivity index (χ2v) is 9.19. The monoisotopic (exact) mass is 535 g/mol. The summed E-state index contributed by atoms with van der Waals surface area (Å²) in [5.74, 6) is 1.05. The lowest BCUT2D eigenvalue weighted by atomic mass is 10.0. The van der Waals surface area contributed by atoms with E-state index in [2.05, 4.69) is 29.0 Å². The minimum atomic E-state index is -0.0420. The number of hydrogen-bond donors (Lipinski definition) is 1. The average molecular weight is 537 g/mol. The molecule has 1 heterocycles. The van der Waals surface area contributed by atoms with Gasteiger partial charge in [0.15, 0.2) is 0 Å². The molecule has 9 heteroatoms. The Balaban J connectivity index is 0.00000272. The maximum atomic E-state index is 12.7. The van der Waals surface area contributed by atoms with Crippen LogP contribution in [0.5, 0.6) is 5.75 Å². The molecule has 33 heavy (non-hydrogen) atoms. The van der Waals surface area contributed by atoms with E-state index >= 15 is 0 Å². The highest BCUT2D eigenvalue weighted by molar-refractivity contribution is 6.42. The topological polar surface area (TPSA) is 44.8 Å². The normalized spacial score (nSPS) is 15.3. The Morgan fingerprint density at radius 2 is 1.58 bits per heavy atom. The van der Waals surface area contributed by atoms with Crippen molar-refractivity contribution in [1.82, 2.24) is 15.1 Å². The van der Waals surface area contributed by atoms with Crippen molar-refractivity contribution < 1.29 is 9.53 Å². The van der Waals surface area contributed by atoms with E-state index in [4.69, 9.17) is 27.9 Å². The number of carbonyl (C=O) groups excluding carboxylic acids is 1. The van der Waals surface area contributed by atoms with Gasteiger partial charge in [-0.25, -0.2) is 0 Å². The fourth-order valence-corrected chi connectivity index (χ4v) is 4.04. The Morgan fingerprint density at radius 1 is 0.970 bits per heavy atom. The molecule has 1 N–H and O–H groups in total. The smallest absolute Gasteiger partial charge is 0.251 e. The molecule has 0 spiro atoms. The largest absolute Gasteiger partial charge is 0.497 e. The quantitative estimate of drug-likeness (QED) is 0.489. The molecule has 0 bridgehead atoms. The fraction of sp³-hybridized carbons (Fsp3) is 0.458. The predicted octanol–water partition coefficient (Wildman–Crippen LogP) is 5.42. The van der Waals surface area contributed by atoms with Gasteiger partial charge < -0.3 is 10.1 Å². The summed E-state index contributed by atoms with van der Waals surface area (Å²) >= 11 is 12.2. The lowest BCUT2D eigenvalue weighted by Gasteiger charge is -2.37. The maximum Gasteiger partial charge on any atom is 0.251 e. The van der Waals surface area contributed by atoms with Gasteiger partial charge in [0.1, 0.15) is 5.75 Å².